The van der Waals surface area contributed by atoms with Crippen molar-refractivity contribution in [3.8, 4) is 17.5 Å². The van der Waals surface area contributed by atoms with Gasteiger partial charge >= 0.3 is 6.18 Å². The third-order valence-electron chi connectivity index (χ3n) is 3.09. The molecule has 0 saturated heterocycles. The monoisotopic (exact) mass is 436 g/mol. The van der Waals surface area contributed by atoms with Crippen LogP contribution in [0.2, 0.25) is 0 Å². The Labute approximate surface area is 163 Å². The molecule has 14 heteroatoms. The van der Waals surface area contributed by atoms with Crippen molar-refractivity contribution in [2.24, 2.45) is 0 Å². The first-order chi connectivity index (χ1) is 13.5. The zero-order valence-electron chi connectivity index (χ0n) is 15.1. The number of hydrogen-bond donors (Lipinski definition) is 1. The Hall–Kier alpha value is -3.16. The van der Waals surface area contributed by atoms with Crippen LogP contribution in [0, 0.1) is 0 Å². The number of alkyl halides is 3. The summed E-state index contributed by atoms with van der Waals surface area (Å²) in [5.41, 5.74) is 0. The normalized spacial score (nSPS) is 11.6. The van der Waals surface area contributed by atoms with Crippen LogP contribution in [-0.4, -0.2) is 62.0 Å². The third kappa shape index (κ3) is 6.44. The molecule has 0 aromatic carbocycles. The maximum atomic E-state index is 12.4. The van der Waals surface area contributed by atoms with Crippen LogP contribution in [0.1, 0.15) is 0 Å². The fourth-order valence-electron chi connectivity index (χ4n) is 1.95. The second-order valence-corrected chi connectivity index (χ2v) is 7.20. The molecular weight excluding hydrogens is 421 g/mol. The fourth-order valence-corrected chi connectivity index (χ4v) is 3.16. The number of nitrogens with one attached hydrogen (secondary N) is 1. The number of sulfone groups is 1. The quantitative estimate of drug-likeness (QED) is 0.650. The summed E-state index contributed by atoms with van der Waals surface area (Å²) < 4.78 is 76.2. The van der Waals surface area contributed by atoms with Gasteiger partial charge in [0.2, 0.25) is 33.5 Å². The van der Waals surface area contributed by atoms with Crippen molar-refractivity contribution in [1.82, 2.24) is 15.0 Å². The van der Waals surface area contributed by atoms with Gasteiger partial charge in [-0.05, 0) is 12.1 Å². The molecule has 0 aliphatic carbocycles. The van der Waals surface area contributed by atoms with Crippen LogP contribution in [0.15, 0.2) is 29.4 Å². The van der Waals surface area contributed by atoms with Gasteiger partial charge in [-0.25, -0.2) is 13.4 Å². The predicted molar refractivity (Wildman–Crippen MR) is 91.6 cm³/mol. The van der Waals surface area contributed by atoms with Gasteiger partial charge in [-0.2, -0.15) is 23.1 Å². The van der Waals surface area contributed by atoms with Crippen molar-refractivity contribution in [3.63, 3.8) is 0 Å². The Morgan fingerprint density at radius 1 is 1.17 bits per heavy atom. The minimum absolute atomic E-state index is 0.0440. The molecule has 0 bridgehead atoms. The molecule has 1 amide bonds. The van der Waals surface area contributed by atoms with Gasteiger partial charge in [-0.1, -0.05) is 0 Å². The first-order valence-corrected chi connectivity index (χ1v) is 9.33. The van der Waals surface area contributed by atoms with Gasteiger partial charge in [0, 0.05) is 6.20 Å². The summed E-state index contributed by atoms with van der Waals surface area (Å²) >= 11 is 0. The van der Waals surface area contributed by atoms with E-state index in [0.29, 0.717) is 0 Å². The number of anilines is 1. The Kier molecular flexibility index (Phi) is 6.79. The minimum Gasteiger partial charge on any atom is -0.481 e. The zero-order valence-corrected chi connectivity index (χ0v) is 15.9. The number of ether oxygens (including phenoxy) is 3. The fraction of sp³-hybridized carbons (Fsp3) is 0.333. The molecule has 1 N–H and O–H groups in total. The van der Waals surface area contributed by atoms with Crippen molar-refractivity contribution in [3.05, 3.63) is 24.4 Å². The molecule has 0 atom stereocenters. The molecule has 0 saturated carbocycles. The topological polar surface area (TPSA) is 130 Å². The Morgan fingerprint density at radius 2 is 1.79 bits per heavy atom. The lowest BCUT2D eigenvalue weighted by molar-refractivity contribution is -0.153. The van der Waals surface area contributed by atoms with E-state index in [9.17, 15) is 26.4 Å². The summed E-state index contributed by atoms with van der Waals surface area (Å²) in [6.07, 6.45) is -3.64. The number of hydrogen-bond acceptors (Lipinski definition) is 9. The van der Waals surface area contributed by atoms with Crippen LogP contribution in [0.3, 0.4) is 0 Å². The van der Waals surface area contributed by atoms with Crippen LogP contribution < -0.4 is 19.5 Å². The standard InChI is InChI=1S/C15H15F3N4O6S/c1-26-11-6-12(27-2)22-14(21-11)20-10(23)7-29(24,25)13-9(4-3-5-19-13)28-8-15(16,17)18/h3-6H,7-8H2,1-2H3,(H,20,21,22,23). The number of aromatic nitrogens is 3. The Morgan fingerprint density at radius 3 is 2.34 bits per heavy atom. The minimum atomic E-state index is -4.68. The highest BCUT2D eigenvalue weighted by Crippen LogP contribution is 2.25. The summed E-state index contributed by atoms with van der Waals surface area (Å²) in [7, 11) is -1.83. The van der Waals surface area contributed by atoms with Crippen LogP contribution in [0.5, 0.6) is 17.5 Å². The molecule has 10 nitrogen and oxygen atoms in total. The SMILES string of the molecule is COc1cc(OC)nc(NC(=O)CS(=O)(=O)c2ncccc2OCC(F)(F)F)n1. The molecule has 29 heavy (non-hydrogen) atoms. The van der Waals surface area contributed by atoms with Gasteiger partial charge in [0.1, 0.15) is 5.75 Å². The predicted octanol–water partition coefficient (Wildman–Crippen LogP) is 1.24. The van der Waals surface area contributed by atoms with Crippen LogP contribution in [-0.2, 0) is 14.6 Å². The number of amides is 1. The summed E-state index contributed by atoms with van der Waals surface area (Å²) in [4.78, 5) is 23.3. The number of pyridine rings is 1. The van der Waals surface area contributed by atoms with E-state index in [1.165, 1.54) is 26.4 Å². The average molecular weight is 436 g/mol. The van der Waals surface area contributed by atoms with Crippen molar-refractivity contribution in [1.29, 1.82) is 0 Å². The van der Waals surface area contributed by atoms with Crippen LogP contribution in [0.25, 0.3) is 0 Å². The van der Waals surface area contributed by atoms with E-state index in [4.69, 9.17) is 9.47 Å². The van der Waals surface area contributed by atoms with Crippen molar-refractivity contribution in [2.75, 3.05) is 31.9 Å². The second kappa shape index (κ2) is 8.89. The van der Waals surface area contributed by atoms with Crippen LogP contribution >= 0.6 is 0 Å². The lowest BCUT2D eigenvalue weighted by Gasteiger charge is -2.12. The van der Waals surface area contributed by atoms with E-state index < -0.39 is 45.1 Å². The van der Waals surface area contributed by atoms with Gasteiger partial charge < -0.3 is 14.2 Å². The van der Waals surface area contributed by atoms with Crippen LogP contribution in [0.4, 0.5) is 19.1 Å². The maximum Gasteiger partial charge on any atom is 0.422 e. The molecule has 2 heterocycles. The van der Waals surface area contributed by atoms with Crippen molar-refractivity contribution < 1.29 is 40.6 Å². The Balaban J connectivity index is 2.18. The number of carbonyl (C=O) groups excluding carboxylic acids is 1. The highest BCUT2D eigenvalue weighted by Gasteiger charge is 2.31. The molecule has 0 aliphatic heterocycles. The van der Waals surface area contributed by atoms with E-state index in [2.05, 4.69) is 25.0 Å². The Bertz CT molecular complexity index is 962. The molecule has 0 fully saturated rings. The summed E-state index contributed by atoms with van der Waals surface area (Å²) in [6.45, 7) is -1.72. The molecule has 0 radical (unpaired) electrons. The second-order valence-electron chi connectivity index (χ2n) is 5.29. The number of halogens is 3. The van der Waals surface area contributed by atoms with Crippen molar-refractivity contribution >= 4 is 21.7 Å². The van der Waals surface area contributed by atoms with E-state index in [1.807, 2.05) is 0 Å². The molecule has 158 valence electrons. The number of nitrogens with zero attached hydrogens (tertiary/aromatic N) is 3. The summed E-state index contributed by atoms with van der Waals surface area (Å²) in [5.74, 6) is -3.04. The highest BCUT2D eigenvalue weighted by atomic mass is 32.2. The van der Waals surface area contributed by atoms with Gasteiger partial charge in [0.15, 0.2) is 17.4 Å². The van der Waals surface area contributed by atoms with Gasteiger partial charge in [0.25, 0.3) is 0 Å². The maximum absolute atomic E-state index is 12.4. The number of rotatable bonds is 8. The molecular formula is C15H15F3N4O6S. The summed E-state index contributed by atoms with van der Waals surface area (Å²) in [6, 6.07) is 3.52. The molecule has 0 spiro atoms. The van der Waals surface area contributed by atoms with E-state index in [0.717, 1.165) is 12.3 Å². The molecule has 2 rings (SSSR count). The van der Waals surface area contributed by atoms with E-state index >= 15 is 0 Å². The van der Waals surface area contributed by atoms with Gasteiger partial charge in [0.05, 0.1) is 20.3 Å². The largest absolute Gasteiger partial charge is 0.481 e. The molecule has 0 aliphatic rings. The summed E-state index contributed by atoms with van der Waals surface area (Å²) in [5, 5.41) is 1.34. The number of carbonyl (C=O) groups is 1. The van der Waals surface area contributed by atoms with Gasteiger partial charge in [-0.3, -0.25) is 10.1 Å². The van der Waals surface area contributed by atoms with E-state index in [1.54, 1.807) is 0 Å². The van der Waals surface area contributed by atoms with Gasteiger partial charge in [-0.15, -0.1) is 0 Å². The molecule has 0 unspecified atom stereocenters. The number of methoxy groups -OCH3 is 2. The first kappa shape index (κ1) is 22.1. The van der Waals surface area contributed by atoms with E-state index in [-0.39, 0.29) is 17.7 Å². The third-order valence-corrected chi connectivity index (χ3v) is 4.63. The molecule has 2 aromatic heterocycles. The first-order valence-electron chi connectivity index (χ1n) is 7.68. The lowest BCUT2D eigenvalue weighted by atomic mass is 10.4. The molecule has 2 aromatic rings. The highest BCUT2D eigenvalue weighted by molar-refractivity contribution is 7.92. The van der Waals surface area contributed by atoms with Crippen molar-refractivity contribution in [2.45, 2.75) is 11.2 Å². The average Bonchev–Trinajstić information content (AvgIpc) is 2.65. The lowest BCUT2D eigenvalue weighted by Crippen LogP contribution is -2.26. The zero-order chi connectivity index (χ0) is 21.7. The smallest absolute Gasteiger partial charge is 0.422 e.